The minimum atomic E-state index is -1.10. The van der Waals surface area contributed by atoms with Crippen molar-refractivity contribution in [3.8, 4) is 12.1 Å². The van der Waals surface area contributed by atoms with E-state index in [1.54, 1.807) is 13.8 Å². The monoisotopic (exact) mass is 308 g/mol. The van der Waals surface area contributed by atoms with Gasteiger partial charge in [0.05, 0.1) is 12.1 Å². The third-order valence-electron chi connectivity index (χ3n) is 5.17. The molecule has 0 spiro atoms. The van der Waals surface area contributed by atoms with Gasteiger partial charge < -0.3 is 9.47 Å². The van der Waals surface area contributed by atoms with Gasteiger partial charge >= 0.3 is 0 Å². The van der Waals surface area contributed by atoms with Crippen molar-refractivity contribution in [2.75, 3.05) is 14.2 Å². The molecule has 0 aromatic carbocycles. The SMILES string of the molecule is CCC(C)(N=NC(C)(CC)C(C)(C#N)OC)C(C)(C#N)OC. The smallest absolute Gasteiger partial charge is 0.177 e. The molecule has 0 aromatic rings. The molecule has 124 valence electrons. The number of methoxy groups -OCH3 is 2. The molecule has 6 nitrogen and oxygen atoms in total. The van der Waals surface area contributed by atoms with E-state index >= 15 is 0 Å². The third kappa shape index (κ3) is 3.29. The first-order valence-corrected chi connectivity index (χ1v) is 7.44. The van der Waals surface area contributed by atoms with Gasteiger partial charge in [0.25, 0.3) is 0 Å². The summed E-state index contributed by atoms with van der Waals surface area (Å²) in [4.78, 5) is 0. The van der Waals surface area contributed by atoms with Crippen molar-refractivity contribution < 1.29 is 9.47 Å². The first-order chi connectivity index (χ1) is 10.1. The standard InChI is InChI=1S/C16H28N4O2/c1-9-13(3,15(5,11-17)21-7)19-20-14(4,10-2)16(6,12-18)22-8/h9-10H2,1-8H3. The maximum Gasteiger partial charge on any atom is 0.177 e. The predicted octanol–water partition coefficient (Wildman–Crippen LogP) is 3.63. The van der Waals surface area contributed by atoms with Crippen molar-refractivity contribution >= 4 is 0 Å². The van der Waals surface area contributed by atoms with Crippen molar-refractivity contribution in [2.24, 2.45) is 10.2 Å². The number of nitrogens with zero attached hydrogens (tertiary/aromatic N) is 4. The molecule has 0 rings (SSSR count). The summed E-state index contributed by atoms with van der Waals surface area (Å²) in [5.41, 5.74) is -3.85. The highest BCUT2D eigenvalue weighted by molar-refractivity contribution is 5.16. The fourth-order valence-corrected chi connectivity index (χ4v) is 2.00. The lowest BCUT2D eigenvalue weighted by Crippen LogP contribution is -2.51. The summed E-state index contributed by atoms with van der Waals surface area (Å²) in [5, 5.41) is 27.8. The van der Waals surface area contributed by atoms with Gasteiger partial charge in [-0.2, -0.15) is 20.8 Å². The van der Waals surface area contributed by atoms with Gasteiger partial charge in [-0.25, -0.2) is 0 Å². The van der Waals surface area contributed by atoms with Crippen molar-refractivity contribution in [3.05, 3.63) is 0 Å². The predicted molar refractivity (Wildman–Crippen MR) is 84.3 cm³/mol. The molecular weight excluding hydrogens is 280 g/mol. The Morgan fingerprint density at radius 2 is 1.05 bits per heavy atom. The molecule has 0 aliphatic heterocycles. The van der Waals surface area contributed by atoms with Crippen LogP contribution in [0.25, 0.3) is 0 Å². The van der Waals surface area contributed by atoms with Crippen LogP contribution in [-0.4, -0.2) is 36.5 Å². The zero-order valence-electron chi connectivity index (χ0n) is 15.0. The maximum atomic E-state index is 9.44. The van der Waals surface area contributed by atoms with Gasteiger partial charge in [0.1, 0.15) is 11.1 Å². The lowest BCUT2D eigenvalue weighted by Gasteiger charge is -2.39. The first-order valence-electron chi connectivity index (χ1n) is 7.44. The van der Waals surface area contributed by atoms with E-state index in [4.69, 9.17) is 9.47 Å². The Morgan fingerprint density at radius 1 is 0.773 bits per heavy atom. The molecule has 4 atom stereocenters. The average molecular weight is 308 g/mol. The molecule has 0 heterocycles. The van der Waals surface area contributed by atoms with Crippen LogP contribution >= 0.6 is 0 Å². The highest BCUT2D eigenvalue weighted by Crippen LogP contribution is 2.37. The van der Waals surface area contributed by atoms with Crippen LogP contribution in [0.15, 0.2) is 10.2 Å². The molecule has 0 fully saturated rings. The van der Waals surface area contributed by atoms with E-state index in [9.17, 15) is 10.5 Å². The van der Waals surface area contributed by atoms with Crippen LogP contribution in [-0.2, 0) is 9.47 Å². The molecule has 0 aromatic heterocycles. The van der Waals surface area contributed by atoms with E-state index in [-0.39, 0.29) is 0 Å². The van der Waals surface area contributed by atoms with Gasteiger partial charge in [0.15, 0.2) is 11.2 Å². The number of rotatable bonds is 8. The second-order valence-corrected chi connectivity index (χ2v) is 6.15. The molecule has 4 unspecified atom stereocenters. The molecule has 0 amide bonds. The van der Waals surface area contributed by atoms with Gasteiger partial charge in [-0.15, -0.1) is 0 Å². The fraction of sp³-hybridized carbons (Fsp3) is 0.875. The second kappa shape index (κ2) is 7.17. The topological polar surface area (TPSA) is 90.8 Å². The number of hydrogen-bond acceptors (Lipinski definition) is 6. The van der Waals surface area contributed by atoms with Crippen LogP contribution in [0.5, 0.6) is 0 Å². The minimum Gasteiger partial charge on any atom is -0.361 e. The Kier molecular flexibility index (Phi) is 6.69. The van der Waals surface area contributed by atoms with Crippen LogP contribution in [0.2, 0.25) is 0 Å². The zero-order valence-corrected chi connectivity index (χ0v) is 15.0. The second-order valence-electron chi connectivity index (χ2n) is 6.15. The number of hydrogen-bond donors (Lipinski definition) is 0. The highest BCUT2D eigenvalue weighted by Gasteiger charge is 2.49. The van der Waals surface area contributed by atoms with Crippen LogP contribution in [0.4, 0.5) is 0 Å². The molecule has 0 N–H and O–H groups in total. The number of nitriles is 2. The molecule has 0 bridgehead atoms. The van der Waals surface area contributed by atoms with E-state index < -0.39 is 22.3 Å². The summed E-state index contributed by atoms with van der Waals surface area (Å²) < 4.78 is 10.7. The van der Waals surface area contributed by atoms with Crippen LogP contribution in [0.1, 0.15) is 54.4 Å². The summed E-state index contributed by atoms with van der Waals surface area (Å²) >= 11 is 0. The van der Waals surface area contributed by atoms with E-state index in [0.29, 0.717) is 12.8 Å². The van der Waals surface area contributed by atoms with E-state index in [1.807, 2.05) is 27.7 Å². The third-order valence-corrected chi connectivity index (χ3v) is 5.17. The van der Waals surface area contributed by atoms with Crippen molar-refractivity contribution in [1.82, 2.24) is 0 Å². The Labute approximate surface area is 134 Å². The quantitative estimate of drug-likeness (QED) is 0.640. The van der Waals surface area contributed by atoms with Crippen LogP contribution in [0.3, 0.4) is 0 Å². The largest absolute Gasteiger partial charge is 0.361 e. The van der Waals surface area contributed by atoms with Crippen molar-refractivity contribution in [3.63, 3.8) is 0 Å². The summed E-state index contributed by atoms with van der Waals surface area (Å²) in [6.45, 7) is 10.9. The van der Waals surface area contributed by atoms with Crippen LogP contribution in [0, 0.1) is 22.7 Å². The Balaban J connectivity index is 5.90. The van der Waals surface area contributed by atoms with E-state index in [2.05, 4.69) is 22.4 Å². The molecule has 0 aliphatic carbocycles. The van der Waals surface area contributed by atoms with Crippen LogP contribution < -0.4 is 0 Å². The Morgan fingerprint density at radius 3 is 1.18 bits per heavy atom. The van der Waals surface area contributed by atoms with E-state index in [1.165, 1.54) is 14.2 Å². The highest BCUT2D eigenvalue weighted by atomic mass is 16.5. The average Bonchev–Trinajstić information content (AvgIpc) is 2.57. The lowest BCUT2D eigenvalue weighted by atomic mass is 9.80. The van der Waals surface area contributed by atoms with Gasteiger partial charge in [0.2, 0.25) is 0 Å². The van der Waals surface area contributed by atoms with Crippen molar-refractivity contribution in [1.29, 1.82) is 10.5 Å². The molecular formula is C16H28N4O2. The van der Waals surface area contributed by atoms with E-state index in [0.717, 1.165) is 0 Å². The Bertz CT molecular complexity index is 451. The molecule has 0 radical (unpaired) electrons. The summed E-state index contributed by atoms with van der Waals surface area (Å²) in [6, 6.07) is 4.34. The summed E-state index contributed by atoms with van der Waals surface area (Å²) in [6.07, 6.45) is 1.15. The van der Waals surface area contributed by atoms with Gasteiger partial charge in [-0.1, -0.05) is 13.8 Å². The number of azo groups is 1. The van der Waals surface area contributed by atoms with Crippen molar-refractivity contribution in [2.45, 2.75) is 76.7 Å². The molecule has 22 heavy (non-hydrogen) atoms. The fourth-order valence-electron chi connectivity index (χ4n) is 2.00. The maximum absolute atomic E-state index is 9.44. The normalized spacial score (nSPS) is 22.6. The lowest BCUT2D eigenvalue weighted by molar-refractivity contribution is -0.0239. The Hall–Kier alpha value is -1.50. The first kappa shape index (κ1) is 20.5. The molecule has 0 saturated heterocycles. The molecule has 0 saturated carbocycles. The van der Waals surface area contributed by atoms with Gasteiger partial charge in [0, 0.05) is 14.2 Å². The zero-order chi connectivity index (χ0) is 17.7. The summed E-state index contributed by atoms with van der Waals surface area (Å²) in [5.74, 6) is 0. The summed E-state index contributed by atoms with van der Waals surface area (Å²) in [7, 11) is 2.97. The van der Waals surface area contributed by atoms with Gasteiger partial charge in [-0.05, 0) is 40.5 Å². The number of ether oxygens (including phenoxy) is 2. The minimum absolute atomic E-state index is 0.574. The van der Waals surface area contributed by atoms with Gasteiger partial charge in [-0.3, -0.25) is 0 Å². The molecule has 0 aliphatic rings. The molecule has 6 heteroatoms.